The van der Waals surface area contributed by atoms with E-state index in [9.17, 15) is 18.3 Å². The average molecular weight is 505 g/mol. The molecule has 0 amide bonds. The molecule has 0 unspecified atom stereocenters. The maximum Gasteiger partial charge on any atom is 0.339 e. The van der Waals surface area contributed by atoms with Gasteiger partial charge in [0, 0.05) is 15.8 Å². The van der Waals surface area contributed by atoms with E-state index in [0.717, 1.165) is 10.8 Å². The van der Waals surface area contributed by atoms with Crippen molar-refractivity contribution in [1.29, 1.82) is 0 Å². The molecule has 0 atom stereocenters. The van der Waals surface area contributed by atoms with Crippen molar-refractivity contribution >= 4 is 70.7 Å². The van der Waals surface area contributed by atoms with Crippen molar-refractivity contribution in [3.8, 4) is 5.75 Å². The summed E-state index contributed by atoms with van der Waals surface area (Å²) in [6, 6.07) is 10.7. The van der Waals surface area contributed by atoms with Crippen molar-refractivity contribution in [1.82, 2.24) is 4.98 Å². The Morgan fingerprint density at radius 2 is 1.97 bits per heavy atom. The van der Waals surface area contributed by atoms with Crippen LogP contribution in [0.15, 0.2) is 57.6 Å². The molecule has 12 heteroatoms. The molecule has 0 radical (unpaired) electrons. The number of fused-ring (bicyclic) bond motifs is 2. The molecule has 0 saturated carbocycles. The number of hydrogen-bond acceptors (Lipinski definition) is 9. The van der Waals surface area contributed by atoms with E-state index in [1.54, 1.807) is 32.0 Å². The van der Waals surface area contributed by atoms with Crippen LogP contribution in [0.2, 0.25) is 5.02 Å². The van der Waals surface area contributed by atoms with Crippen LogP contribution in [0.25, 0.3) is 21.0 Å². The van der Waals surface area contributed by atoms with Crippen LogP contribution in [-0.4, -0.2) is 30.6 Å². The fourth-order valence-electron chi connectivity index (χ4n) is 3.19. The Morgan fingerprint density at radius 1 is 1.21 bits per heavy atom. The number of nitrogens with zero attached hydrogens (tertiary/aromatic N) is 3. The van der Waals surface area contributed by atoms with Gasteiger partial charge in [0.25, 0.3) is 0 Å². The molecule has 0 aliphatic heterocycles. The zero-order chi connectivity index (χ0) is 23.9. The molecule has 3 N–H and O–H groups in total. The minimum absolute atomic E-state index is 0.000389. The smallest absolute Gasteiger partial charge is 0.339 e. The molecule has 0 aliphatic rings. The molecule has 4 aromatic rings. The number of nitrogens with two attached hydrogens (primary N) is 1. The van der Waals surface area contributed by atoms with Crippen LogP contribution in [0.1, 0.15) is 24.2 Å². The van der Waals surface area contributed by atoms with Gasteiger partial charge in [-0.25, -0.2) is 23.3 Å². The van der Waals surface area contributed by atoms with E-state index in [1.165, 1.54) is 29.5 Å². The average Bonchev–Trinajstić information content (AvgIpc) is 3.13. The van der Waals surface area contributed by atoms with Gasteiger partial charge in [-0.2, -0.15) is 0 Å². The number of aromatic nitrogens is 1. The van der Waals surface area contributed by atoms with Crippen LogP contribution in [0, 0.1) is 0 Å². The Labute approximate surface area is 197 Å². The zero-order valence-corrected chi connectivity index (χ0v) is 19.7. The molecule has 33 heavy (non-hydrogen) atoms. The molecule has 170 valence electrons. The lowest BCUT2D eigenvalue weighted by molar-refractivity contribution is 0.0380. The number of phenolic OH excluding ortho intramolecular Hbond substituents is 1. The number of primary sulfonamides is 1. The first-order valence-corrected chi connectivity index (χ1v) is 12.3. The summed E-state index contributed by atoms with van der Waals surface area (Å²) >= 11 is 7.24. The van der Waals surface area contributed by atoms with Gasteiger partial charge in [0.15, 0.2) is 0 Å². The predicted molar refractivity (Wildman–Crippen MR) is 126 cm³/mol. The molecule has 0 saturated heterocycles. The number of carbonyl (C=O) groups excluding carboxylic acids is 1. The molecule has 0 spiro atoms. The summed E-state index contributed by atoms with van der Waals surface area (Å²) in [5.41, 5.74) is 0.753. The van der Waals surface area contributed by atoms with Crippen molar-refractivity contribution in [3.05, 3.63) is 53.1 Å². The maximum absolute atomic E-state index is 12.7. The summed E-state index contributed by atoms with van der Waals surface area (Å²) < 4.78 is 30.2. The number of thiazole rings is 1. The number of phenols is 1. The zero-order valence-electron chi connectivity index (χ0n) is 17.3. The minimum atomic E-state index is -4.30. The number of rotatable bonds is 5. The topological polar surface area (TPSA) is 144 Å². The summed E-state index contributed by atoms with van der Waals surface area (Å²) in [5.74, 6) is -1.26. The van der Waals surface area contributed by atoms with E-state index < -0.39 is 32.7 Å². The SMILES string of the molecule is CC(C)OC(=O)c1cccc2c(O)c(S(N)(=O)=O)cc(/N=N/c3nc4ccc(Cl)cc4s3)c12. The minimum Gasteiger partial charge on any atom is -0.506 e. The van der Waals surface area contributed by atoms with Gasteiger partial charge >= 0.3 is 5.97 Å². The van der Waals surface area contributed by atoms with Gasteiger partial charge < -0.3 is 9.84 Å². The lowest BCUT2D eigenvalue weighted by Gasteiger charge is -2.13. The van der Waals surface area contributed by atoms with Crippen molar-refractivity contribution in [2.24, 2.45) is 15.4 Å². The van der Waals surface area contributed by atoms with Gasteiger partial charge in [-0.3, -0.25) is 0 Å². The van der Waals surface area contributed by atoms with E-state index in [4.69, 9.17) is 21.5 Å². The molecule has 1 heterocycles. The Kier molecular flexibility index (Phi) is 6.06. The van der Waals surface area contributed by atoms with Gasteiger partial charge in [-0.15, -0.1) is 10.2 Å². The molecule has 0 aliphatic carbocycles. The molecule has 0 fully saturated rings. The molecule has 1 aromatic heterocycles. The first kappa shape index (κ1) is 23.1. The lowest BCUT2D eigenvalue weighted by Crippen LogP contribution is -2.14. The monoisotopic (exact) mass is 504 g/mol. The number of carbonyl (C=O) groups is 1. The number of benzene rings is 3. The fourth-order valence-corrected chi connectivity index (χ4v) is 4.91. The predicted octanol–water partition coefficient (Wildman–Crippen LogP) is 5.44. The van der Waals surface area contributed by atoms with Gasteiger partial charge in [-0.05, 0) is 44.2 Å². The number of hydrogen-bond donors (Lipinski definition) is 2. The van der Waals surface area contributed by atoms with Crippen LogP contribution < -0.4 is 5.14 Å². The second-order valence-electron chi connectivity index (χ2n) is 7.28. The number of azo groups is 1. The van der Waals surface area contributed by atoms with Gasteiger partial charge in [0.05, 0.1) is 27.6 Å². The number of esters is 1. The van der Waals surface area contributed by atoms with E-state index >= 15 is 0 Å². The highest BCUT2D eigenvalue weighted by Crippen LogP contribution is 2.41. The number of aromatic hydroxyl groups is 1. The quantitative estimate of drug-likeness (QED) is 0.273. The van der Waals surface area contributed by atoms with E-state index in [2.05, 4.69) is 15.2 Å². The number of halogens is 1. The summed E-state index contributed by atoms with van der Waals surface area (Å²) in [4.78, 5) is 16.5. The molecular formula is C21H17ClN4O5S2. The summed E-state index contributed by atoms with van der Waals surface area (Å²) in [5, 5.41) is 25.2. The number of sulfonamides is 1. The highest BCUT2D eigenvalue weighted by atomic mass is 35.5. The molecular weight excluding hydrogens is 488 g/mol. The largest absolute Gasteiger partial charge is 0.506 e. The van der Waals surface area contributed by atoms with Crippen molar-refractivity contribution < 1.29 is 23.1 Å². The van der Waals surface area contributed by atoms with Crippen molar-refractivity contribution in [2.45, 2.75) is 24.8 Å². The van der Waals surface area contributed by atoms with Crippen molar-refractivity contribution in [3.63, 3.8) is 0 Å². The molecule has 4 rings (SSSR count). The molecule has 9 nitrogen and oxygen atoms in total. The van der Waals surface area contributed by atoms with Gasteiger partial charge in [-0.1, -0.05) is 35.1 Å². The maximum atomic E-state index is 12.7. The van der Waals surface area contributed by atoms with E-state index in [-0.39, 0.29) is 27.2 Å². The second kappa shape index (κ2) is 8.67. The summed E-state index contributed by atoms with van der Waals surface area (Å²) in [6.45, 7) is 3.39. The lowest BCUT2D eigenvalue weighted by atomic mass is 10.0. The Bertz CT molecular complexity index is 1550. The Balaban J connectivity index is 1.94. The molecule has 3 aromatic carbocycles. The van der Waals surface area contributed by atoms with Crippen LogP contribution in [0.5, 0.6) is 5.75 Å². The summed E-state index contributed by atoms with van der Waals surface area (Å²) in [7, 11) is -4.30. The van der Waals surface area contributed by atoms with Crippen LogP contribution >= 0.6 is 22.9 Å². The number of ether oxygens (including phenoxy) is 1. The first-order chi connectivity index (χ1) is 15.5. The highest BCUT2D eigenvalue weighted by Gasteiger charge is 2.24. The fraction of sp³-hybridized carbons (Fsp3) is 0.143. The normalized spacial score (nSPS) is 12.3. The van der Waals surface area contributed by atoms with Gasteiger partial charge in [0.1, 0.15) is 10.6 Å². The van der Waals surface area contributed by atoms with Crippen LogP contribution in [-0.2, 0) is 14.8 Å². The summed E-state index contributed by atoms with van der Waals surface area (Å²) in [6.07, 6.45) is -0.398. The van der Waals surface area contributed by atoms with Crippen LogP contribution in [0.3, 0.4) is 0 Å². The third kappa shape index (κ3) is 4.67. The van der Waals surface area contributed by atoms with Gasteiger partial charge in [0.2, 0.25) is 15.2 Å². The standard InChI is InChI=1S/C21H17ClN4O5S2/c1-10(2)31-20(28)13-5-3-4-12-18(13)15(9-17(19(12)27)33(23,29)30)25-26-21-24-14-7-6-11(22)8-16(14)32-21/h3-10,27H,1-2H3,(H2,23,29,30)/b26-25+. The van der Waals surface area contributed by atoms with E-state index in [0.29, 0.717) is 10.5 Å². The van der Waals surface area contributed by atoms with Crippen LogP contribution in [0.4, 0.5) is 10.8 Å². The second-order valence-corrected chi connectivity index (χ2v) is 10.3. The highest BCUT2D eigenvalue weighted by molar-refractivity contribution is 7.89. The third-order valence-electron chi connectivity index (χ3n) is 4.53. The Hall–Kier alpha value is -3.12. The Morgan fingerprint density at radius 3 is 2.67 bits per heavy atom. The third-order valence-corrected chi connectivity index (χ3v) is 6.59. The first-order valence-electron chi connectivity index (χ1n) is 9.55. The molecule has 0 bridgehead atoms. The van der Waals surface area contributed by atoms with E-state index in [1.807, 2.05) is 0 Å². The van der Waals surface area contributed by atoms with Crippen molar-refractivity contribution in [2.75, 3.05) is 0 Å².